The lowest BCUT2D eigenvalue weighted by Crippen LogP contribution is -2.34. The summed E-state index contributed by atoms with van der Waals surface area (Å²) in [5, 5.41) is 17.7. The number of methoxy groups -OCH3 is 1. The van der Waals surface area contributed by atoms with E-state index in [1.807, 2.05) is 0 Å². The van der Waals surface area contributed by atoms with Crippen molar-refractivity contribution in [2.45, 2.75) is 25.6 Å². The van der Waals surface area contributed by atoms with E-state index in [0.29, 0.717) is 6.42 Å². The summed E-state index contributed by atoms with van der Waals surface area (Å²) in [4.78, 5) is 10.5. The number of carbonyl (C=O) groups excluding carboxylic acids is 1. The Bertz CT molecular complexity index is 112. The SMILES string of the molecule is CC[C@@H](O)[C@H](O)C(=O)OC. The number of carbonyl (C=O) groups is 1. The lowest BCUT2D eigenvalue weighted by Gasteiger charge is -2.12. The van der Waals surface area contributed by atoms with Crippen LogP contribution in [0.2, 0.25) is 0 Å². The molecule has 60 valence electrons. The second-order valence-electron chi connectivity index (χ2n) is 1.94. The van der Waals surface area contributed by atoms with Crippen LogP contribution >= 0.6 is 0 Å². The summed E-state index contributed by atoms with van der Waals surface area (Å²) in [6.45, 7) is 1.66. The summed E-state index contributed by atoms with van der Waals surface area (Å²) in [6.07, 6.45) is -2.10. The quantitative estimate of drug-likeness (QED) is 0.519. The van der Waals surface area contributed by atoms with Crippen molar-refractivity contribution in [1.82, 2.24) is 0 Å². The Morgan fingerprint density at radius 3 is 2.40 bits per heavy atom. The van der Waals surface area contributed by atoms with Crippen molar-refractivity contribution in [1.29, 1.82) is 0 Å². The van der Waals surface area contributed by atoms with Crippen LogP contribution in [0.25, 0.3) is 0 Å². The van der Waals surface area contributed by atoms with Crippen LogP contribution in [0.15, 0.2) is 0 Å². The Kier molecular flexibility index (Phi) is 3.99. The van der Waals surface area contributed by atoms with Gasteiger partial charge in [0.2, 0.25) is 0 Å². The molecule has 0 aromatic heterocycles. The zero-order valence-corrected chi connectivity index (χ0v) is 6.07. The molecule has 0 saturated carbocycles. The highest BCUT2D eigenvalue weighted by Crippen LogP contribution is 1.99. The monoisotopic (exact) mass is 148 g/mol. The average Bonchev–Trinajstić information content (AvgIpc) is 2.00. The highest BCUT2D eigenvalue weighted by molar-refractivity contribution is 5.74. The fourth-order valence-corrected chi connectivity index (χ4v) is 0.501. The molecule has 0 bridgehead atoms. The molecular formula is C6H12O4. The van der Waals surface area contributed by atoms with Gasteiger partial charge in [0.1, 0.15) is 0 Å². The van der Waals surface area contributed by atoms with Gasteiger partial charge >= 0.3 is 5.97 Å². The Balaban J connectivity index is 3.81. The van der Waals surface area contributed by atoms with Crippen molar-refractivity contribution in [3.05, 3.63) is 0 Å². The van der Waals surface area contributed by atoms with E-state index in [2.05, 4.69) is 4.74 Å². The third kappa shape index (κ3) is 2.33. The van der Waals surface area contributed by atoms with Crippen molar-refractivity contribution in [2.24, 2.45) is 0 Å². The number of aliphatic hydroxyl groups excluding tert-OH is 2. The molecule has 4 nitrogen and oxygen atoms in total. The van der Waals surface area contributed by atoms with Gasteiger partial charge in [0.05, 0.1) is 13.2 Å². The summed E-state index contributed by atoms with van der Waals surface area (Å²) in [5.74, 6) is -0.797. The van der Waals surface area contributed by atoms with E-state index >= 15 is 0 Å². The maximum absolute atomic E-state index is 10.5. The van der Waals surface area contributed by atoms with Gasteiger partial charge in [-0.05, 0) is 6.42 Å². The van der Waals surface area contributed by atoms with Gasteiger partial charge in [-0.2, -0.15) is 0 Å². The van der Waals surface area contributed by atoms with Crippen molar-refractivity contribution in [2.75, 3.05) is 7.11 Å². The van der Waals surface area contributed by atoms with E-state index in [9.17, 15) is 4.79 Å². The largest absolute Gasteiger partial charge is 0.467 e. The predicted octanol–water partition coefficient (Wildman–Crippen LogP) is -0.709. The standard InChI is InChI=1S/C6H12O4/c1-3-4(7)5(8)6(9)10-2/h4-5,7-8H,3H2,1-2H3/t4-,5+/m1/s1. The van der Waals surface area contributed by atoms with Crippen LogP contribution in [0.3, 0.4) is 0 Å². The van der Waals surface area contributed by atoms with Gasteiger partial charge < -0.3 is 14.9 Å². The molecule has 0 spiro atoms. The lowest BCUT2D eigenvalue weighted by molar-refractivity contribution is -0.156. The Labute approximate surface area is 59.4 Å². The van der Waals surface area contributed by atoms with E-state index in [0.717, 1.165) is 7.11 Å². The zero-order chi connectivity index (χ0) is 8.15. The second-order valence-corrected chi connectivity index (χ2v) is 1.94. The number of ether oxygens (including phenoxy) is 1. The van der Waals surface area contributed by atoms with Crippen LogP contribution in [0.5, 0.6) is 0 Å². The molecule has 0 aliphatic rings. The van der Waals surface area contributed by atoms with Crippen LogP contribution in [-0.2, 0) is 9.53 Å². The minimum Gasteiger partial charge on any atom is -0.467 e. The average molecular weight is 148 g/mol. The summed E-state index contributed by atoms with van der Waals surface area (Å²) in [7, 11) is 1.16. The number of hydrogen-bond acceptors (Lipinski definition) is 4. The fourth-order valence-electron chi connectivity index (χ4n) is 0.501. The number of aliphatic hydroxyl groups is 2. The highest BCUT2D eigenvalue weighted by Gasteiger charge is 2.22. The van der Waals surface area contributed by atoms with Crippen LogP contribution in [-0.4, -0.2) is 35.5 Å². The van der Waals surface area contributed by atoms with Crippen molar-refractivity contribution in [3.63, 3.8) is 0 Å². The highest BCUT2D eigenvalue weighted by atomic mass is 16.5. The van der Waals surface area contributed by atoms with Gasteiger partial charge in [0.15, 0.2) is 6.10 Å². The van der Waals surface area contributed by atoms with Crippen molar-refractivity contribution in [3.8, 4) is 0 Å². The summed E-state index contributed by atoms with van der Waals surface area (Å²) >= 11 is 0. The minimum absolute atomic E-state index is 0.330. The molecule has 4 heteroatoms. The second kappa shape index (κ2) is 4.24. The number of hydrogen-bond donors (Lipinski definition) is 2. The summed E-state index contributed by atoms with van der Waals surface area (Å²) < 4.78 is 4.19. The molecule has 2 N–H and O–H groups in total. The maximum atomic E-state index is 10.5. The van der Waals surface area contributed by atoms with Crippen LogP contribution in [0, 0.1) is 0 Å². The fraction of sp³-hybridized carbons (Fsp3) is 0.833. The number of esters is 1. The summed E-state index contributed by atoms with van der Waals surface area (Å²) in [6, 6.07) is 0. The smallest absolute Gasteiger partial charge is 0.337 e. The molecule has 2 atom stereocenters. The molecular weight excluding hydrogens is 136 g/mol. The molecule has 10 heavy (non-hydrogen) atoms. The van der Waals surface area contributed by atoms with Crippen LogP contribution < -0.4 is 0 Å². The van der Waals surface area contributed by atoms with Gasteiger partial charge in [-0.1, -0.05) is 6.92 Å². The molecule has 0 amide bonds. The molecule has 0 aliphatic carbocycles. The molecule has 0 rings (SSSR count). The van der Waals surface area contributed by atoms with E-state index in [1.54, 1.807) is 6.92 Å². The van der Waals surface area contributed by atoms with Gasteiger partial charge in [-0.15, -0.1) is 0 Å². The van der Waals surface area contributed by atoms with E-state index in [1.165, 1.54) is 0 Å². The maximum Gasteiger partial charge on any atom is 0.337 e. The van der Waals surface area contributed by atoms with Gasteiger partial charge in [0.25, 0.3) is 0 Å². The predicted molar refractivity (Wildman–Crippen MR) is 34.3 cm³/mol. The molecule has 0 heterocycles. The Morgan fingerprint density at radius 2 is 2.10 bits per heavy atom. The van der Waals surface area contributed by atoms with E-state index < -0.39 is 18.2 Å². The molecule has 0 aliphatic heterocycles. The van der Waals surface area contributed by atoms with Gasteiger partial charge in [0, 0.05) is 0 Å². The van der Waals surface area contributed by atoms with Gasteiger partial charge in [-0.3, -0.25) is 0 Å². The molecule has 0 fully saturated rings. The van der Waals surface area contributed by atoms with Gasteiger partial charge in [-0.25, -0.2) is 4.79 Å². The first kappa shape index (κ1) is 9.39. The topological polar surface area (TPSA) is 66.8 Å². The minimum atomic E-state index is -1.41. The Hall–Kier alpha value is -0.610. The third-order valence-corrected chi connectivity index (χ3v) is 1.23. The van der Waals surface area contributed by atoms with E-state index in [-0.39, 0.29) is 0 Å². The molecule has 0 unspecified atom stereocenters. The Morgan fingerprint density at radius 1 is 1.60 bits per heavy atom. The molecule has 0 aromatic rings. The van der Waals surface area contributed by atoms with Crippen LogP contribution in [0.1, 0.15) is 13.3 Å². The molecule has 0 saturated heterocycles. The van der Waals surface area contributed by atoms with Crippen molar-refractivity contribution < 1.29 is 19.7 Å². The molecule has 0 radical (unpaired) electrons. The lowest BCUT2D eigenvalue weighted by atomic mass is 10.1. The normalized spacial score (nSPS) is 16.0. The summed E-state index contributed by atoms with van der Waals surface area (Å²) in [5.41, 5.74) is 0. The third-order valence-electron chi connectivity index (χ3n) is 1.23. The first-order valence-electron chi connectivity index (χ1n) is 3.07. The first-order chi connectivity index (χ1) is 4.63. The molecule has 0 aromatic carbocycles. The van der Waals surface area contributed by atoms with Crippen molar-refractivity contribution >= 4 is 5.97 Å². The number of rotatable bonds is 3. The van der Waals surface area contributed by atoms with E-state index in [4.69, 9.17) is 10.2 Å². The van der Waals surface area contributed by atoms with Crippen LogP contribution in [0.4, 0.5) is 0 Å². The zero-order valence-electron chi connectivity index (χ0n) is 6.07. The first-order valence-corrected chi connectivity index (χ1v) is 3.07.